The number of piperazine rings is 1. The summed E-state index contributed by atoms with van der Waals surface area (Å²) in [6.07, 6.45) is 0. The number of rotatable bonds is 5. The molecule has 1 aromatic carbocycles. The third-order valence-corrected chi connectivity index (χ3v) is 4.75. The summed E-state index contributed by atoms with van der Waals surface area (Å²) in [5, 5.41) is 8.56. The average Bonchev–Trinajstić information content (AvgIpc) is 3.09. The lowest BCUT2D eigenvalue weighted by Crippen LogP contribution is -2.48. The van der Waals surface area contributed by atoms with E-state index in [-0.39, 0.29) is 6.03 Å². The predicted octanol–water partition coefficient (Wildman–Crippen LogP) is 2.69. The molecule has 0 atom stereocenters. The first-order chi connectivity index (χ1) is 11.3. The standard InChI is InChI=1S/C17H22N4OS/c22-17(19-16-7-4-14-23-16)18-8-9-20-10-12-21(13-11-20)15-5-2-1-3-6-15/h1-7,14H,8-13H2,(H2,18,19,22). The van der Waals surface area contributed by atoms with Gasteiger partial charge < -0.3 is 10.2 Å². The first-order valence-electron chi connectivity index (χ1n) is 7.92. The Morgan fingerprint density at radius 3 is 2.52 bits per heavy atom. The van der Waals surface area contributed by atoms with Crippen LogP contribution in [0.4, 0.5) is 15.5 Å². The Balaban J connectivity index is 1.34. The van der Waals surface area contributed by atoms with E-state index in [9.17, 15) is 4.79 Å². The number of anilines is 2. The number of thiophene rings is 1. The molecule has 122 valence electrons. The van der Waals surface area contributed by atoms with Crippen LogP contribution in [0.1, 0.15) is 0 Å². The molecule has 1 aliphatic rings. The first kappa shape index (κ1) is 15.8. The summed E-state index contributed by atoms with van der Waals surface area (Å²) in [5.74, 6) is 0. The number of hydrogen-bond donors (Lipinski definition) is 2. The molecule has 2 aromatic rings. The van der Waals surface area contributed by atoms with Gasteiger partial charge in [0, 0.05) is 45.0 Å². The number of amides is 2. The third kappa shape index (κ3) is 4.71. The molecule has 0 bridgehead atoms. The summed E-state index contributed by atoms with van der Waals surface area (Å²) >= 11 is 1.52. The molecule has 23 heavy (non-hydrogen) atoms. The Bertz CT molecular complexity index is 594. The Morgan fingerprint density at radius 1 is 1.04 bits per heavy atom. The molecule has 1 aromatic heterocycles. The quantitative estimate of drug-likeness (QED) is 0.886. The van der Waals surface area contributed by atoms with Crippen LogP contribution in [0.3, 0.4) is 0 Å². The second kappa shape index (κ2) is 7.99. The highest BCUT2D eigenvalue weighted by Gasteiger charge is 2.16. The number of nitrogens with one attached hydrogen (secondary N) is 2. The van der Waals surface area contributed by atoms with Crippen molar-refractivity contribution >= 4 is 28.1 Å². The van der Waals surface area contributed by atoms with Gasteiger partial charge in [0.15, 0.2) is 0 Å². The van der Waals surface area contributed by atoms with Gasteiger partial charge in [-0.05, 0) is 29.6 Å². The normalized spacial score (nSPS) is 15.4. The summed E-state index contributed by atoms with van der Waals surface area (Å²) in [5.41, 5.74) is 1.29. The highest BCUT2D eigenvalue weighted by molar-refractivity contribution is 7.14. The van der Waals surface area contributed by atoms with Crippen LogP contribution >= 0.6 is 11.3 Å². The fourth-order valence-electron chi connectivity index (χ4n) is 2.70. The summed E-state index contributed by atoms with van der Waals surface area (Å²) in [7, 11) is 0. The van der Waals surface area contributed by atoms with Crippen molar-refractivity contribution in [2.24, 2.45) is 0 Å². The van der Waals surface area contributed by atoms with E-state index in [0.29, 0.717) is 6.54 Å². The van der Waals surface area contributed by atoms with Gasteiger partial charge in [-0.25, -0.2) is 4.79 Å². The van der Waals surface area contributed by atoms with E-state index in [1.807, 2.05) is 23.6 Å². The SMILES string of the molecule is O=C(NCCN1CCN(c2ccccc2)CC1)Nc1cccs1. The van der Waals surface area contributed by atoms with E-state index in [1.54, 1.807) is 0 Å². The fraction of sp³-hybridized carbons (Fsp3) is 0.353. The molecule has 2 heterocycles. The highest BCUT2D eigenvalue weighted by atomic mass is 32.1. The van der Waals surface area contributed by atoms with Gasteiger partial charge in [0.1, 0.15) is 0 Å². The average molecular weight is 330 g/mol. The highest BCUT2D eigenvalue weighted by Crippen LogP contribution is 2.15. The molecule has 3 rings (SSSR count). The second-order valence-electron chi connectivity index (χ2n) is 5.52. The molecule has 0 spiro atoms. The molecule has 2 amide bonds. The predicted molar refractivity (Wildman–Crippen MR) is 96.4 cm³/mol. The molecule has 1 fully saturated rings. The largest absolute Gasteiger partial charge is 0.369 e. The molecule has 1 aliphatic heterocycles. The number of urea groups is 1. The summed E-state index contributed by atoms with van der Waals surface area (Å²) < 4.78 is 0. The van der Waals surface area contributed by atoms with Crippen molar-refractivity contribution in [1.82, 2.24) is 10.2 Å². The van der Waals surface area contributed by atoms with Crippen molar-refractivity contribution in [3.05, 3.63) is 47.8 Å². The number of hydrogen-bond acceptors (Lipinski definition) is 4. The number of benzene rings is 1. The fourth-order valence-corrected chi connectivity index (χ4v) is 3.31. The zero-order valence-corrected chi connectivity index (χ0v) is 13.9. The summed E-state index contributed by atoms with van der Waals surface area (Å²) in [6, 6.07) is 14.2. The topological polar surface area (TPSA) is 47.6 Å². The molecule has 6 heteroatoms. The molecular weight excluding hydrogens is 308 g/mol. The van der Waals surface area contributed by atoms with Crippen LogP contribution in [0, 0.1) is 0 Å². The lowest BCUT2D eigenvalue weighted by molar-refractivity contribution is 0.240. The third-order valence-electron chi connectivity index (χ3n) is 3.97. The van der Waals surface area contributed by atoms with Crippen LogP contribution in [-0.2, 0) is 0 Å². The van der Waals surface area contributed by atoms with Gasteiger partial charge in [0.25, 0.3) is 0 Å². The van der Waals surface area contributed by atoms with Crippen LogP contribution in [0.15, 0.2) is 47.8 Å². The molecule has 1 saturated heterocycles. The van der Waals surface area contributed by atoms with Crippen LogP contribution in [0.2, 0.25) is 0 Å². The molecule has 2 N–H and O–H groups in total. The van der Waals surface area contributed by atoms with Crippen molar-refractivity contribution in [3.8, 4) is 0 Å². The maximum absolute atomic E-state index is 11.7. The van der Waals surface area contributed by atoms with E-state index >= 15 is 0 Å². The van der Waals surface area contributed by atoms with E-state index in [4.69, 9.17) is 0 Å². The molecule has 0 saturated carbocycles. The number of para-hydroxylation sites is 1. The molecular formula is C17H22N4OS. The minimum absolute atomic E-state index is 0.129. The van der Waals surface area contributed by atoms with Crippen LogP contribution in [0.5, 0.6) is 0 Å². The molecule has 5 nitrogen and oxygen atoms in total. The Labute approximate surface area is 140 Å². The monoisotopic (exact) mass is 330 g/mol. The Kier molecular flexibility index (Phi) is 5.50. The van der Waals surface area contributed by atoms with Gasteiger partial charge in [-0.2, -0.15) is 0 Å². The van der Waals surface area contributed by atoms with Crippen molar-refractivity contribution in [2.45, 2.75) is 0 Å². The van der Waals surface area contributed by atoms with Crippen LogP contribution < -0.4 is 15.5 Å². The molecule has 0 unspecified atom stereocenters. The van der Waals surface area contributed by atoms with Gasteiger partial charge >= 0.3 is 6.03 Å². The number of nitrogens with zero attached hydrogens (tertiary/aromatic N) is 2. The number of carbonyl (C=O) groups excluding carboxylic acids is 1. The van der Waals surface area contributed by atoms with Crippen molar-refractivity contribution in [1.29, 1.82) is 0 Å². The lowest BCUT2D eigenvalue weighted by Gasteiger charge is -2.36. The van der Waals surface area contributed by atoms with Gasteiger partial charge in [0.05, 0.1) is 5.00 Å². The minimum Gasteiger partial charge on any atom is -0.369 e. The van der Waals surface area contributed by atoms with E-state index in [1.165, 1.54) is 17.0 Å². The van der Waals surface area contributed by atoms with Crippen molar-refractivity contribution in [2.75, 3.05) is 49.5 Å². The van der Waals surface area contributed by atoms with Gasteiger partial charge in [0.2, 0.25) is 0 Å². The van der Waals surface area contributed by atoms with E-state index in [2.05, 4.69) is 44.7 Å². The lowest BCUT2D eigenvalue weighted by atomic mass is 10.2. The maximum Gasteiger partial charge on any atom is 0.319 e. The summed E-state index contributed by atoms with van der Waals surface area (Å²) in [6.45, 7) is 5.69. The zero-order valence-electron chi connectivity index (χ0n) is 13.1. The van der Waals surface area contributed by atoms with E-state index in [0.717, 1.165) is 37.7 Å². The molecule has 0 aliphatic carbocycles. The van der Waals surface area contributed by atoms with Gasteiger partial charge in [-0.1, -0.05) is 18.2 Å². The van der Waals surface area contributed by atoms with Gasteiger partial charge in [-0.3, -0.25) is 10.2 Å². The number of carbonyl (C=O) groups is 1. The van der Waals surface area contributed by atoms with Crippen molar-refractivity contribution in [3.63, 3.8) is 0 Å². The second-order valence-corrected chi connectivity index (χ2v) is 6.47. The van der Waals surface area contributed by atoms with Gasteiger partial charge in [-0.15, -0.1) is 11.3 Å². The zero-order chi connectivity index (χ0) is 15.9. The maximum atomic E-state index is 11.7. The summed E-state index contributed by atoms with van der Waals surface area (Å²) in [4.78, 5) is 16.6. The Hall–Kier alpha value is -2.05. The minimum atomic E-state index is -0.129. The van der Waals surface area contributed by atoms with E-state index < -0.39 is 0 Å². The van der Waals surface area contributed by atoms with Crippen molar-refractivity contribution < 1.29 is 4.79 Å². The van der Waals surface area contributed by atoms with Crippen LogP contribution in [-0.4, -0.2) is 50.2 Å². The van der Waals surface area contributed by atoms with Crippen LogP contribution in [0.25, 0.3) is 0 Å². The molecule has 0 radical (unpaired) electrons. The smallest absolute Gasteiger partial charge is 0.319 e. The first-order valence-corrected chi connectivity index (χ1v) is 8.80. The Morgan fingerprint density at radius 2 is 1.83 bits per heavy atom.